The molecule has 11 nitrogen and oxygen atoms in total. The lowest BCUT2D eigenvalue weighted by Gasteiger charge is -2.42. The molecule has 2 aliphatic rings. The fourth-order valence-electron chi connectivity index (χ4n) is 6.17. The summed E-state index contributed by atoms with van der Waals surface area (Å²) in [5, 5.41) is 10.9. The fraction of sp³-hybridized carbons (Fsp3) is 0.355. The minimum absolute atomic E-state index is 0.00661. The van der Waals surface area contributed by atoms with E-state index in [9.17, 15) is 18.3 Å². The minimum Gasteiger partial charge on any atom is -0.497 e. The van der Waals surface area contributed by atoms with Crippen molar-refractivity contribution in [2.45, 2.75) is 35.9 Å². The zero-order valence-corrected chi connectivity index (χ0v) is 25.7. The van der Waals surface area contributed by atoms with Crippen LogP contribution in [-0.2, 0) is 25.2 Å². The van der Waals surface area contributed by atoms with Crippen molar-refractivity contribution in [1.29, 1.82) is 0 Å². The number of carbonyl (C=O) groups is 2. The molecule has 0 aliphatic carbocycles. The van der Waals surface area contributed by atoms with E-state index >= 15 is 4.79 Å². The van der Waals surface area contributed by atoms with Crippen LogP contribution in [0.4, 0.5) is 5.69 Å². The number of β-amino-alcohol motifs (C(OH)–C–C–N with tert-alkyl or cyclic N) is 1. The monoisotopic (exact) mass is 609 g/mol. The molecule has 2 heterocycles. The molecule has 0 bridgehead atoms. The van der Waals surface area contributed by atoms with Crippen LogP contribution in [0, 0.1) is 6.92 Å². The average Bonchev–Trinajstić information content (AvgIpc) is 3.50. The van der Waals surface area contributed by atoms with Gasteiger partial charge in [-0.1, -0.05) is 35.9 Å². The van der Waals surface area contributed by atoms with Gasteiger partial charge in [-0.2, -0.15) is 0 Å². The molecule has 1 N–H and O–H groups in total. The Labute approximate surface area is 251 Å². The number of methoxy groups -OCH3 is 3. The Hall–Kier alpha value is -4.13. The van der Waals surface area contributed by atoms with Gasteiger partial charge < -0.3 is 24.2 Å². The molecule has 1 fully saturated rings. The van der Waals surface area contributed by atoms with Crippen molar-refractivity contribution < 1.29 is 37.3 Å². The Morgan fingerprint density at radius 1 is 0.953 bits per heavy atom. The van der Waals surface area contributed by atoms with Gasteiger partial charge in [0, 0.05) is 37.8 Å². The highest BCUT2D eigenvalue weighted by Crippen LogP contribution is 2.55. The first-order valence-corrected chi connectivity index (χ1v) is 15.1. The van der Waals surface area contributed by atoms with Crippen LogP contribution in [0.25, 0.3) is 0 Å². The maximum atomic E-state index is 15.2. The molecule has 5 rings (SSSR count). The van der Waals surface area contributed by atoms with Crippen molar-refractivity contribution in [3.8, 4) is 17.2 Å². The van der Waals surface area contributed by atoms with Crippen molar-refractivity contribution in [2.24, 2.45) is 0 Å². The van der Waals surface area contributed by atoms with Gasteiger partial charge >= 0.3 is 0 Å². The predicted molar refractivity (Wildman–Crippen MR) is 159 cm³/mol. The number of carbonyl (C=O) groups excluding carboxylic acids is 2. The summed E-state index contributed by atoms with van der Waals surface area (Å²) in [6.45, 7) is 1.77. The highest BCUT2D eigenvalue weighted by atomic mass is 32.2. The number of benzene rings is 3. The van der Waals surface area contributed by atoms with Crippen LogP contribution >= 0.6 is 0 Å². The summed E-state index contributed by atoms with van der Waals surface area (Å²) < 4.78 is 46.3. The Bertz CT molecular complexity index is 1690. The third-order valence-corrected chi connectivity index (χ3v) is 9.81. The Balaban J connectivity index is 1.86. The largest absolute Gasteiger partial charge is 0.497 e. The van der Waals surface area contributed by atoms with Crippen molar-refractivity contribution in [1.82, 2.24) is 9.80 Å². The van der Waals surface area contributed by atoms with E-state index in [2.05, 4.69) is 0 Å². The van der Waals surface area contributed by atoms with Gasteiger partial charge in [-0.15, -0.1) is 0 Å². The number of anilines is 1. The molecule has 3 aromatic rings. The van der Waals surface area contributed by atoms with E-state index in [1.807, 2.05) is 6.92 Å². The van der Waals surface area contributed by atoms with E-state index in [4.69, 9.17) is 14.2 Å². The molecular weight excluding hydrogens is 574 g/mol. The predicted octanol–water partition coefficient (Wildman–Crippen LogP) is 2.52. The SMILES string of the molecule is COc1ccc(S(=O)(=O)N2C(=O)C(c3ccccc3OC)(N3CC(O)CC3C(=O)N(C)C)c3cc(C)ccc32)c(OC)c1. The number of hydrogen-bond acceptors (Lipinski definition) is 9. The van der Waals surface area contributed by atoms with Gasteiger partial charge in [-0.25, -0.2) is 12.7 Å². The van der Waals surface area contributed by atoms with Crippen LogP contribution in [0.2, 0.25) is 0 Å². The molecule has 12 heteroatoms. The summed E-state index contributed by atoms with van der Waals surface area (Å²) in [6.07, 6.45) is -0.893. The molecule has 0 saturated carbocycles. The zero-order valence-electron chi connectivity index (χ0n) is 24.9. The second-order valence-electron chi connectivity index (χ2n) is 10.8. The molecule has 228 valence electrons. The van der Waals surface area contributed by atoms with Gasteiger partial charge in [0.2, 0.25) is 5.91 Å². The topological polar surface area (TPSA) is 126 Å². The molecule has 0 spiro atoms. The molecular formula is C31H35N3O8S. The molecule has 1 saturated heterocycles. The second kappa shape index (κ2) is 11.2. The minimum atomic E-state index is -4.60. The molecule has 43 heavy (non-hydrogen) atoms. The number of rotatable bonds is 8. The number of aryl methyl sites for hydroxylation is 1. The molecule has 3 aromatic carbocycles. The van der Waals surface area contributed by atoms with Gasteiger partial charge in [-0.3, -0.25) is 14.5 Å². The molecule has 3 atom stereocenters. The first-order chi connectivity index (χ1) is 20.4. The summed E-state index contributed by atoms with van der Waals surface area (Å²) in [7, 11) is 2.84. The number of amides is 2. The van der Waals surface area contributed by atoms with Crippen LogP contribution < -0.4 is 18.5 Å². The number of sulfonamides is 1. The summed E-state index contributed by atoms with van der Waals surface area (Å²) >= 11 is 0. The average molecular weight is 610 g/mol. The quantitative estimate of drug-likeness (QED) is 0.410. The van der Waals surface area contributed by atoms with Crippen LogP contribution in [0.5, 0.6) is 17.2 Å². The van der Waals surface area contributed by atoms with Crippen LogP contribution in [0.15, 0.2) is 65.6 Å². The molecule has 3 unspecified atom stereocenters. The van der Waals surface area contributed by atoms with Crippen LogP contribution in [0.1, 0.15) is 23.1 Å². The first kappa shape index (κ1) is 30.3. The number of aliphatic hydroxyl groups is 1. The zero-order chi connectivity index (χ0) is 31.3. The Morgan fingerprint density at radius 3 is 2.30 bits per heavy atom. The van der Waals surface area contributed by atoms with Crippen molar-refractivity contribution >= 4 is 27.5 Å². The summed E-state index contributed by atoms with van der Waals surface area (Å²) in [6, 6.07) is 15.2. The van der Waals surface area contributed by atoms with Crippen molar-refractivity contribution in [3.63, 3.8) is 0 Å². The van der Waals surface area contributed by atoms with Crippen molar-refractivity contribution in [3.05, 3.63) is 77.4 Å². The van der Waals surface area contributed by atoms with Crippen molar-refractivity contribution in [2.75, 3.05) is 46.3 Å². The number of ether oxygens (including phenoxy) is 3. The van der Waals surface area contributed by atoms with Gasteiger partial charge in [0.15, 0.2) is 5.54 Å². The first-order valence-electron chi connectivity index (χ1n) is 13.7. The lowest BCUT2D eigenvalue weighted by atomic mass is 9.80. The number of fused-ring (bicyclic) bond motifs is 1. The lowest BCUT2D eigenvalue weighted by Crippen LogP contribution is -2.59. The third-order valence-electron chi connectivity index (χ3n) is 8.08. The standard InChI is InChI=1S/C31H35N3O8S/c1-19-11-13-24-23(15-19)31(22-9-7-8-10-26(22)41-5,33-18-20(35)16-25(33)29(36)32(2)3)30(37)34(24)43(38,39)28-14-12-21(40-4)17-27(28)42-6/h7-15,17,20,25,35H,16,18H2,1-6H3. The molecule has 2 amide bonds. The molecule has 0 radical (unpaired) electrons. The van der Waals surface area contributed by atoms with Crippen LogP contribution in [-0.4, -0.2) is 89.3 Å². The number of hydrogen-bond donors (Lipinski definition) is 1. The summed E-state index contributed by atoms with van der Waals surface area (Å²) in [5.41, 5.74) is -0.267. The smallest absolute Gasteiger partial charge is 0.274 e. The highest BCUT2D eigenvalue weighted by Gasteiger charge is 2.64. The Kier molecular flexibility index (Phi) is 7.88. The number of aliphatic hydroxyl groups excluding tert-OH is 1. The maximum Gasteiger partial charge on any atom is 0.274 e. The third kappa shape index (κ3) is 4.60. The second-order valence-corrected chi connectivity index (χ2v) is 12.6. The Morgan fingerprint density at radius 2 is 1.65 bits per heavy atom. The van der Waals surface area contributed by atoms with E-state index < -0.39 is 33.6 Å². The van der Waals surface area contributed by atoms with E-state index in [0.29, 0.717) is 22.6 Å². The van der Waals surface area contributed by atoms with E-state index in [1.165, 1.54) is 44.4 Å². The normalized spacial score (nSPS) is 21.9. The van der Waals surface area contributed by atoms with Gasteiger partial charge in [0.1, 0.15) is 22.1 Å². The van der Waals surface area contributed by atoms with Gasteiger partial charge in [0.25, 0.3) is 15.9 Å². The summed E-state index contributed by atoms with van der Waals surface area (Å²) in [5.74, 6) is -0.471. The van der Waals surface area contributed by atoms with E-state index in [1.54, 1.807) is 61.5 Å². The number of para-hydroxylation sites is 1. The van der Waals surface area contributed by atoms with Crippen LogP contribution in [0.3, 0.4) is 0 Å². The summed E-state index contributed by atoms with van der Waals surface area (Å²) in [4.78, 5) is 31.6. The lowest BCUT2D eigenvalue weighted by molar-refractivity contribution is -0.138. The number of likely N-dealkylation sites (N-methyl/N-ethyl adjacent to an activating group) is 1. The molecule has 2 aliphatic heterocycles. The number of likely N-dealkylation sites (tertiary alicyclic amines) is 1. The van der Waals surface area contributed by atoms with Gasteiger partial charge in [0.05, 0.1) is 39.2 Å². The number of nitrogens with zero attached hydrogens (tertiary/aromatic N) is 3. The molecule has 0 aromatic heterocycles. The van der Waals surface area contributed by atoms with E-state index in [-0.39, 0.29) is 35.2 Å². The van der Waals surface area contributed by atoms with E-state index in [0.717, 1.165) is 9.87 Å². The van der Waals surface area contributed by atoms with Gasteiger partial charge in [-0.05, 0) is 37.6 Å². The highest BCUT2D eigenvalue weighted by molar-refractivity contribution is 7.93. The fourth-order valence-corrected chi connectivity index (χ4v) is 7.77. The maximum absolute atomic E-state index is 15.2.